The summed E-state index contributed by atoms with van der Waals surface area (Å²) in [4.78, 5) is 111. The van der Waals surface area contributed by atoms with Crippen LogP contribution in [-0.4, -0.2) is 72.3 Å². The zero-order valence-corrected chi connectivity index (χ0v) is 57.6. The van der Waals surface area contributed by atoms with Gasteiger partial charge in [-0.1, -0.05) is 38.0 Å². The molecular weight excluding hydrogens is 897 g/mol. The SMILES string of the molecule is O=P([O-])([O-])CN(CCN(CP(=O)([O-])[O-])CP(=O)([O-])[O-])CCN(CP(=O)([O-])[O-])CP(=O)([O-])[O-].[H+].[K+].[K+].[K+].[K+].[K+].[K+].[K+].[K+].[K+]. The zero-order chi connectivity index (χ0) is 25.6. The van der Waals surface area contributed by atoms with E-state index in [0.717, 1.165) is 0 Å². The normalized spacial score (nSPS) is 11.4. The molecule has 0 heterocycles. The second kappa shape index (κ2) is 40.7. The molecule has 32 heteroatoms. The van der Waals surface area contributed by atoms with E-state index in [1.807, 2.05) is 0 Å². The van der Waals surface area contributed by atoms with E-state index in [-0.39, 0.29) is 464 Å². The smallest absolute Gasteiger partial charge is 0.810 e. The summed E-state index contributed by atoms with van der Waals surface area (Å²) in [6.07, 6.45) is -7.03. The number of nitrogens with zero attached hydrogens (tertiary/aromatic N) is 3. The topological polar surface area (TPSA) is 326 Å². The van der Waals surface area contributed by atoms with E-state index >= 15 is 0 Å². The fourth-order valence-corrected chi connectivity index (χ4v) is 6.43. The van der Waals surface area contributed by atoms with Gasteiger partial charge in [-0.3, -0.25) is 14.7 Å². The van der Waals surface area contributed by atoms with Gasteiger partial charge in [0.15, 0.2) is 0 Å². The maximum atomic E-state index is 11.1. The summed E-state index contributed by atoms with van der Waals surface area (Å²) in [5.74, 6) is 0. The third kappa shape index (κ3) is 62.1. The predicted octanol–water partition coefficient (Wildman–Crippen LogP) is -35.6. The predicted molar refractivity (Wildman–Crippen MR) is 88.5 cm³/mol. The minimum Gasteiger partial charge on any atom is -0.810 e. The van der Waals surface area contributed by atoms with Crippen molar-refractivity contribution in [3.8, 4) is 0 Å². The summed E-state index contributed by atoms with van der Waals surface area (Å²) in [7, 11) is -26.8. The fourth-order valence-electron chi connectivity index (χ4n) is 2.42. The molecule has 0 N–H and O–H groups in total. The van der Waals surface area contributed by atoms with E-state index in [1.165, 1.54) is 0 Å². The summed E-state index contributed by atoms with van der Waals surface area (Å²) in [5, 5.41) is 0. The van der Waals surface area contributed by atoms with Crippen LogP contribution in [0.2, 0.25) is 0 Å². The van der Waals surface area contributed by atoms with E-state index in [2.05, 4.69) is 0 Å². The first-order chi connectivity index (χ1) is 13.9. The Morgan fingerprint density at radius 2 is 0.439 bits per heavy atom. The first kappa shape index (κ1) is 80.4. The van der Waals surface area contributed by atoms with Crippen LogP contribution in [0.3, 0.4) is 0 Å². The van der Waals surface area contributed by atoms with E-state index in [0.29, 0.717) is 14.7 Å². The first-order valence-electron chi connectivity index (χ1n) is 8.17. The Hall–Kier alpha value is 15.4. The Morgan fingerprint density at radius 1 is 0.317 bits per heavy atom. The maximum absolute atomic E-state index is 11.1. The van der Waals surface area contributed by atoms with Gasteiger partial charge in [-0.15, -0.1) is 0 Å². The Labute approximate surface area is 624 Å². The largest absolute Gasteiger partial charge is 1.00 e. The average molecular weight is 916 g/mol. The molecule has 194 valence electrons. The molecule has 0 aliphatic carbocycles. The van der Waals surface area contributed by atoms with E-state index < -0.39 is 95.6 Å². The minimum absolute atomic E-state index is 0. The van der Waals surface area contributed by atoms with Gasteiger partial charge in [0.1, 0.15) is 0 Å². The van der Waals surface area contributed by atoms with Crippen molar-refractivity contribution < 1.29 is 536 Å². The molecule has 41 heavy (non-hydrogen) atoms. The summed E-state index contributed by atoms with van der Waals surface area (Å²) >= 11 is 0. The Balaban J connectivity index is -0.000000107. The second-order valence-electron chi connectivity index (χ2n) is 6.67. The molecule has 0 amide bonds. The van der Waals surface area contributed by atoms with Crippen molar-refractivity contribution in [1.82, 2.24) is 14.7 Å². The van der Waals surface area contributed by atoms with Gasteiger partial charge in [-0.2, -0.15) is 0 Å². The summed E-state index contributed by atoms with van der Waals surface area (Å²) in [6, 6.07) is 0. The standard InChI is InChI=1S/C9H28N3O15P5.9K/c13-28(14,15)5-10(1-3-11(6-29(16,17)18)7-30(19,20)21)2-4-12(8-31(22,23)24)9-32(25,26)27;;;;;;;;;/h1-9H2,(H2,13,14,15)(H2,16,17,18)(H2,19,20,21)(H2,22,23,24)(H2,25,26,27);;;;;;;;;/q;9*+1/p-9. The quantitative estimate of drug-likeness (QED) is 0.102. The minimum atomic E-state index is -5.37. The van der Waals surface area contributed by atoms with Gasteiger partial charge in [-0.25, -0.2) is 0 Å². The fraction of sp³-hybridized carbons (Fsp3) is 1.00. The third-order valence-electron chi connectivity index (χ3n) is 3.33. The molecule has 0 aliphatic rings. The van der Waals surface area contributed by atoms with Crippen LogP contribution in [0, 0.1) is 0 Å². The molecule has 0 fully saturated rings. The zero-order valence-electron chi connectivity index (χ0n) is 26.1. The van der Waals surface area contributed by atoms with Gasteiger partial charge in [0, 0.05) is 57.6 Å². The molecule has 0 saturated heterocycles. The summed E-state index contributed by atoms with van der Waals surface area (Å²) in [6.45, 7) is -2.82. The van der Waals surface area contributed by atoms with Crippen molar-refractivity contribution >= 4 is 38.0 Å². The van der Waals surface area contributed by atoms with Crippen molar-refractivity contribution in [2.75, 3.05) is 57.6 Å². The van der Waals surface area contributed by atoms with Crippen molar-refractivity contribution in [1.29, 1.82) is 0 Å². The molecule has 0 aromatic rings. The van der Waals surface area contributed by atoms with Gasteiger partial charge in [0.05, 0.1) is 0 Å². The molecular formula is C9H19K9N3O15P5. The van der Waals surface area contributed by atoms with Gasteiger partial charge in [0.25, 0.3) is 0 Å². The van der Waals surface area contributed by atoms with Crippen molar-refractivity contribution in [2.24, 2.45) is 0 Å². The van der Waals surface area contributed by atoms with Crippen LogP contribution in [0.5, 0.6) is 0 Å². The second-order valence-corrected chi connectivity index (χ2v) is 14.2. The van der Waals surface area contributed by atoms with E-state index in [9.17, 15) is 71.8 Å². The number of hydrogen-bond donors (Lipinski definition) is 0. The van der Waals surface area contributed by atoms with Crippen LogP contribution >= 0.6 is 38.0 Å². The van der Waals surface area contributed by atoms with Crippen LogP contribution in [0.15, 0.2) is 0 Å². The first-order valence-corrected chi connectivity index (χ1v) is 16.8. The third-order valence-corrected chi connectivity index (χ3v) is 7.06. The molecule has 0 rings (SSSR count). The molecule has 18 nitrogen and oxygen atoms in total. The molecule has 0 radical (unpaired) electrons. The molecule has 0 unspecified atom stereocenters. The number of rotatable bonds is 16. The Bertz CT molecular complexity index is 758. The number of hydrogen-bond acceptors (Lipinski definition) is 18. The molecule has 0 aromatic heterocycles. The Kier molecular flexibility index (Phi) is 79.9. The molecule has 0 aromatic carbocycles. The van der Waals surface area contributed by atoms with Gasteiger partial charge in [-0.05, 0) is 0 Å². The van der Waals surface area contributed by atoms with Crippen LogP contribution in [0.4, 0.5) is 0 Å². The van der Waals surface area contributed by atoms with Crippen LogP contribution in [0.1, 0.15) is 1.43 Å². The summed E-state index contributed by atoms with van der Waals surface area (Å²) in [5.41, 5.74) is 0. The maximum Gasteiger partial charge on any atom is 1.00 e. The van der Waals surface area contributed by atoms with Gasteiger partial charge < -0.3 is 71.8 Å². The molecule has 0 atom stereocenters. The van der Waals surface area contributed by atoms with Crippen LogP contribution < -0.4 is 511 Å². The monoisotopic (exact) mass is 915 g/mol. The van der Waals surface area contributed by atoms with E-state index in [1.54, 1.807) is 0 Å². The van der Waals surface area contributed by atoms with E-state index in [4.69, 9.17) is 0 Å². The van der Waals surface area contributed by atoms with Crippen LogP contribution in [0.25, 0.3) is 0 Å². The molecule has 0 spiro atoms. The van der Waals surface area contributed by atoms with Crippen molar-refractivity contribution in [2.45, 2.75) is 0 Å². The molecule has 0 saturated carbocycles. The summed E-state index contributed by atoms with van der Waals surface area (Å²) < 4.78 is 54.6. The van der Waals surface area contributed by atoms with Gasteiger partial charge in [0.2, 0.25) is 0 Å². The molecule has 0 bridgehead atoms. The van der Waals surface area contributed by atoms with Gasteiger partial charge >= 0.3 is 464 Å². The van der Waals surface area contributed by atoms with Crippen molar-refractivity contribution in [3.05, 3.63) is 0 Å². The average Bonchev–Trinajstić information content (AvgIpc) is 2.41. The van der Waals surface area contributed by atoms with Crippen LogP contribution in [-0.2, 0) is 22.8 Å². The Morgan fingerprint density at radius 3 is 0.585 bits per heavy atom. The molecule has 0 aliphatic heterocycles. The van der Waals surface area contributed by atoms with Crippen molar-refractivity contribution in [3.63, 3.8) is 0 Å².